The maximum absolute atomic E-state index is 5.42. The summed E-state index contributed by atoms with van der Waals surface area (Å²) >= 11 is 2.05. The molecule has 1 heterocycles. The summed E-state index contributed by atoms with van der Waals surface area (Å²) in [6, 6.07) is 5.88. The van der Waals surface area contributed by atoms with Crippen LogP contribution in [0.15, 0.2) is 23.2 Å². The minimum atomic E-state index is 0. The second-order valence-electron chi connectivity index (χ2n) is 6.18. The molecule has 1 saturated heterocycles. The van der Waals surface area contributed by atoms with Crippen molar-refractivity contribution in [1.29, 1.82) is 0 Å². The van der Waals surface area contributed by atoms with Crippen LogP contribution >= 0.6 is 35.7 Å². The van der Waals surface area contributed by atoms with Gasteiger partial charge in [0.1, 0.15) is 11.5 Å². The third-order valence-electron chi connectivity index (χ3n) is 4.33. The molecular weight excluding hydrogens is 449 g/mol. The molecule has 2 N–H and O–H groups in total. The van der Waals surface area contributed by atoms with E-state index < -0.39 is 0 Å². The SMILES string of the molecule is CN=C(NCCc1cc(OC)ccc1OC)NCC1(C)CCCS1.I. The van der Waals surface area contributed by atoms with Gasteiger partial charge in [-0.15, -0.1) is 24.0 Å². The molecule has 0 aromatic heterocycles. The monoisotopic (exact) mass is 479 g/mol. The number of methoxy groups -OCH3 is 2. The van der Waals surface area contributed by atoms with E-state index in [4.69, 9.17) is 9.47 Å². The van der Waals surface area contributed by atoms with Crippen LogP contribution in [0.25, 0.3) is 0 Å². The van der Waals surface area contributed by atoms with Crippen molar-refractivity contribution >= 4 is 41.7 Å². The van der Waals surface area contributed by atoms with Gasteiger partial charge >= 0.3 is 0 Å². The molecule has 0 amide bonds. The van der Waals surface area contributed by atoms with E-state index >= 15 is 0 Å². The Bertz CT molecular complexity index is 563. The molecule has 1 atom stereocenters. The van der Waals surface area contributed by atoms with Crippen LogP contribution in [0.2, 0.25) is 0 Å². The summed E-state index contributed by atoms with van der Waals surface area (Å²) in [6.07, 6.45) is 3.42. The molecule has 5 nitrogen and oxygen atoms in total. The Labute approximate surface area is 172 Å². The van der Waals surface area contributed by atoms with Crippen LogP contribution in [-0.2, 0) is 6.42 Å². The first-order valence-electron chi connectivity index (χ1n) is 8.39. The molecule has 2 rings (SSSR count). The van der Waals surface area contributed by atoms with E-state index in [1.807, 2.05) is 25.2 Å². The maximum atomic E-state index is 5.42. The molecule has 1 aromatic rings. The van der Waals surface area contributed by atoms with Crippen LogP contribution in [0.5, 0.6) is 11.5 Å². The molecular formula is C18H30IN3O2S. The van der Waals surface area contributed by atoms with E-state index in [1.54, 1.807) is 14.2 Å². The molecule has 25 heavy (non-hydrogen) atoms. The molecule has 142 valence electrons. The number of rotatable bonds is 7. The summed E-state index contributed by atoms with van der Waals surface area (Å²) in [5, 5.41) is 6.83. The van der Waals surface area contributed by atoms with Gasteiger partial charge in [-0.25, -0.2) is 0 Å². The Morgan fingerprint density at radius 1 is 1.28 bits per heavy atom. The summed E-state index contributed by atoms with van der Waals surface area (Å²) < 4.78 is 11.0. The summed E-state index contributed by atoms with van der Waals surface area (Å²) in [4.78, 5) is 4.32. The number of aliphatic imine (C=N–C) groups is 1. The number of ether oxygens (including phenoxy) is 2. The Morgan fingerprint density at radius 3 is 2.68 bits per heavy atom. The van der Waals surface area contributed by atoms with Crippen LogP contribution in [0.3, 0.4) is 0 Å². The van der Waals surface area contributed by atoms with Crippen LogP contribution in [-0.4, -0.2) is 50.8 Å². The number of benzene rings is 1. The Balaban J connectivity index is 0.00000312. The van der Waals surface area contributed by atoms with Gasteiger partial charge in [-0.2, -0.15) is 11.8 Å². The van der Waals surface area contributed by atoms with Crippen molar-refractivity contribution < 1.29 is 9.47 Å². The van der Waals surface area contributed by atoms with Gasteiger partial charge in [0.2, 0.25) is 0 Å². The molecule has 0 radical (unpaired) electrons. The lowest BCUT2D eigenvalue weighted by Crippen LogP contribution is -2.44. The van der Waals surface area contributed by atoms with Gasteiger partial charge in [0.05, 0.1) is 14.2 Å². The predicted octanol–water partition coefficient (Wildman–Crippen LogP) is 3.32. The lowest BCUT2D eigenvalue weighted by Gasteiger charge is -2.24. The minimum Gasteiger partial charge on any atom is -0.497 e. The van der Waals surface area contributed by atoms with Crippen LogP contribution in [0, 0.1) is 0 Å². The average molecular weight is 479 g/mol. The largest absolute Gasteiger partial charge is 0.497 e. The van der Waals surface area contributed by atoms with Crippen molar-refractivity contribution in [2.24, 2.45) is 4.99 Å². The third-order valence-corrected chi connectivity index (χ3v) is 5.87. The Kier molecular flexibility index (Phi) is 9.78. The van der Waals surface area contributed by atoms with Crippen molar-refractivity contribution in [2.45, 2.75) is 30.9 Å². The fourth-order valence-corrected chi connectivity index (χ4v) is 4.10. The normalized spacial score (nSPS) is 19.9. The van der Waals surface area contributed by atoms with Crippen molar-refractivity contribution in [3.63, 3.8) is 0 Å². The van der Waals surface area contributed by atoms with E-state index in [0.29, 0.717) is 4.75 Å². The van der Waals surface area contributed by atoms with Gasteiger partial charge in [-0.05, 0) is 55.7 Å². The van der Waals surface area contributed by atoms with E-state index in [-0.39, 0.29) is 24.0 Å². The number of hydrogen-bond acceptors (Lipinski definition) is 4. The van der Waals surface area contributed by atoms with Crippen LogP contribution in [0.1, 0.15) is 25.3 Å². The lowest BCUT2D eigenvalue weighted by atomic mass is 10.1. The number of nitrogens with zero attached hydrogens (tertiary/aromatic N) is 1. The first kappa shape index (κ1) is 22.2. The fourth-order valence-electron chi connectivity index (χ4n) is 2.86. The molecule has 7 heteroatoms. The zero-order chi connectivity index (χ0) is 17.4. The molecule has 1 fully saturated rings. The summed E-state index contributed by atoms with van der Waals surface area (Å²) in [6.45, 7) is 4.05. The number of halogens is 1. The number of hydrogen-bond donors (Lipinski definition) is 2. The molecule has 0 aliphatic carbocycles. The van der Waals surface area contributed by atoms with Crippen LogP contribution < -0.4 is 20.1 Å². The van der Waals surface area contributed by atoms with Gasteiger partial charge in [0.15, 0.2) is 5.96 Å². The average Bonchev–Trinajstić information content (AvgIpc) is 3.04. The fraction of sp³-hybridized carbons (Fsp3) is 0.611. The van der Waals surface area contributed by atoms with Gasteiger partial charge in [-0.1, -0.05) is 0 Å². The molecule has 1 aromatic carbocycles. The maximum Gasteiger partial charge on any atom is 0.191 e. The summed E-state index contributed by atoms with van der Waals surface area (Å²) in [5.74, 6) is 3.85. The van der Waals surface area contributed by atoms with Crippen LogP contribution in [0.4, 0.5) is 0 Å². The first-order valence-corrected chi connectivity index (χ1v) is 9.38. The van der Waals surface area contributed by atoms with Crippen molar-refractivity contribution in [1.82, 2.24) is 10.6 Å². The molecule has 1 aliphatic rings. The van der Waals surface area contributed by atoms with E-state index in [0.717, 1.165) is 42.5 Å². The number of thioether (sulfide) groups is 1. The Morgan fingerprint density at radius 2 is 2.08 bits per heavy atom. The van der Waals surface area contributed by atoms with Crippen molar-refractivity contribution in [3.05, 3.63) is 23.8 Å². The third kappa shape index (κ3) is 6.77. The predicted molar refractivity (Wildman–Crippen MR) is 118 cm³/mol. The number of nitrogens with one attached hydrogen (secondary N) is 2. The quantitative estimate of drug-likeness (QED) is 0.357. The topological polar surface area (TPSA) is 54.9 Å². The minimum absolute atomic E-state index is 0. The first-order chi connectivity index (χ1) is 11.6. The highest BCUT2D eigenvalue weighted by Gasteiger charge is 2.29. The second kappa shape index (κ2) is 11.0. The second-order valence-corrected chi connectivity index (χ2v) is 7.86. The van der Waals surface area contributed by atoms with E-state index in [2.05, 4.69) is 34.3 Å². The van der Waals surface area contributed by atoms with Gasteiger partial charge in [0, 0.05) is 24.9 Å². The highest BCUT2D eigenvalue weighted by Crippen LogP contribution is 2.36. The standard InChI is InChI=1S/C18H29N3O2S.HI/c1-18(9-5-11-24-18)13-21-17(19-2)20-10-8-14-12-15(22-3)6-7-16(14)23-4;/h6-7,12H,5,8-11,13H2,1-4H3,(H2,19,20,21);1H. The highest BCUT2D eigenvalue weighted by atomic mass is 127. The summed E-state index contributed by atoms with van der Waals surface area (Å²) in [7, 11) is 5.18. The lowest BCUT2D eigenvalue weighted by molar-refractivity contribution is 0.398. The summed E-state index contributed by atoms with van der Waals surface area (Å²) in [5.41, 5.74) is 1.12. The van der Waals surface area contributed by atoms with Gasteiger partial charge in [-0.3, -0.25) is 4.99 Å². The molecule has 0 saturated carbocycles. The zero-order valence-electron chi connectivity index (χ0n) is 15.6. The van der Waals surface area contributed by atoms with E-state index in [1.165, 1.54) is 18.6 Å². The van der Waals surface area contributed by atoms with E-state index in [9.17, 15) is 0 Å². The van der Waals surface area contributed by atoms with Crippen molar-refractivity contribution in [3.8, 4) is 11.5 Å². The zero-order valence-corrected chi connectivity index (χ0v) is 18.7. The molecule has 0 spiro atoms. The van der Waals surface area contributed by atoms with Crippen molar-refractivity contribution in [2.75, 3.05) is 40.1 Å². The highest BCUT2D eigenvalue weighted by molar-refractivity contribution is 14.0. The molecule has 1 unspecified atom stereocenters. The molecule has 0 bridgehead atoms. The van der Waals surface area contributed by atoms with Gasteiger partial charge < -0.3 is 20.1 Å². The van der Waals surface area contributed by atoms with Gasteiger partial charge in [0.25, 0.3) is 0 Å². The smallest absolute Gasteiger partial charge is 0.191 e. The molecule has 1 aliphatic heterocycles. The Hall–Kier alpha value is -0.830. The number of guanidine groups is 1.